The molecule has 0 aliphatic rings. The predicted octanol–water partition coefficient (Wildman–Crippen LogP) is 4.91. The van der Waals surface area contributed by atoms with Gasteiger partial charge >= 0.3 is 0 Å². The van der Waals surface area contributed by atoms with Crippen LogP contribution in [-0.4, -0.2) is 13.1 Å². The van der Waals surface area contributed by atoms with Gasteiger partial charge in [-0.25, -0.2) is 0 Å². The van der Waals surface area contributed by atoms with E-state index in [0.29, 0.717) is 0 Å². The van der Waals surface area contributed by atoms with Gasteiger partial charge in [-0.1, -0.05) is 24.3 Å². The molecule has 2 aromatic rings. The van der Waals surface area contributed by atoms with E-state index in [1.54, 1.807) is 0 Å². The standard InChI is InChI=1S/C17H21BrN2/c1-3-20(4-2)15-11-9-14(10-12-15)13-19-17-8-6-5-7-16(17)18/h5-12,19H,3-4,13H2,1-2H3. The molecule has 0 bridgehead atoms. The molecule has 0 heterocycles. The molecule has 3 heteroatoms. The number of benzene rings is 2. The molecule has 1 N–H and O–H groups in total. The minimum Gasteiger partial charge on any atom is -0.380 e. The lowest BCUT2D eigenvalue weighted by atomic mass is 10.2. The van der Waals surface area contributed by atoms with Crippen LogP contribution in [0.1, 0.15) is 19.4 Å². The predicted molar refractivity (Wildman–Crippen MR) is 91.5 cm³/mol. The highest BCUT2D eigenvalue weighted by Crippen LogP contribution is 2.22. The summed E-state index contributed by atoms with van der Waals surface area (Å²) < 4.78 is 1.10. The van der Waals surface area contributed by atoms with Crippen molar-refractivity contribution >= 4 is 27.3 Å². The molecule has 0 aliphatic heterocycles. The number of anilines is 2. The van der Waals surface area contributed by atoms with Crippen LogP contribution in [0.2, 0.25) is 0 Å². The van der Waals surface area contributed by atoms with E-state index in [0.717, 1.165) is 29.8 Å². The first-order valence-electron chi connectivity index (χ1n) is 7.07. The minimum atomic E-state index is 0.834. The van der Waals surface area contributed by atoms with Gasteiger partial charge in [0, 0.05) is 35.5 Å². The Morgan fingerprint density at radius 2 is 1.60 bits per heavy atom. The molecule has 106 valence electrons. The number of halogens is 1. The molecule has 0 unspecified atom stereocenters. The Bertz CT molecular complexity index is 533. The molecular weight excluding hydrogens is 312 g/mol. The van der Waals surface area contributed by atoms with Crippen molar-refractivity contribution in [3.8, 4) is 0 Å². The Morgan fingerprint density at radius 3 is 2.20 bits per heavy atom. The molecule has 0 aliphatic carbocycles. The zero-order valence-electron chi connectivity index (χ0n) is 12.1. The summed E-state index contributed by atoms with van der Waals surface area (Å²) in [5.74, 6) is 0. The number of nitrogens with zero attached hydrogens (tertiary/aromatic N) is 1. The summed E-state index contributed by atoms with van der Waals surface area (Å²) in [6.45, 7) is 7.30. The van der Waals surface area contributed by atoms with Gasteiger partial charge < -0.3 is 10.2 Å². The highest BCUT2D eigenvalue weighted by atomic mass is 79.9. The summed E-state index contributed by atoms with van der Waals surface area (Å²) in [4.78, 5) is 2.35. The highest BCUT2D eigenvalue weighted by Gasteiger charge is 2.02. The fourth-order valence-corrected chi connectivity index (χ4v) is 2.64. The quantitative estimate of drug-likeness (QED) is 0.808. The number of para-hydroxylation sites is 1. The van der Waals surface area contributed by atoms with Gasteiger partial charge in [0.1, 0.15) is 0 Å². The first kappa shape index (κ1) is 14.9. The zero-order chi connectivity index (χ0) is 14.4. The van der Waals surface area contributed by atoms with E-state index >= 15 is 0 Å². The summed E-state index contributed by atoms with van der Waals surface area (Å²) in [7, 11) is 0. The van der Waals surface area contributed by atoms with Crippen LogP contribution in [0.3, 0.4) is 0 Å². The summed E-state index contributed by atoms with van der Waals surface area (Å²) >= 11 is 3.55. The van der Waals surface area contributed by atoms with E-state index in [1.165, 1.54) is 11.3 Å². The van der Waals surface area contributed by atoms with Gasteiger partial charge in [-0.3, -0.25) is 0 Å². The van der Waals surface area contributed by atoms with Crippen LogP contribution >= 0.6 is 15.9 Å². The highest BCUT2D eigenvalue weighted by molar-refractivity contribution is 9.10. The Kier molecular flexibility index (Phi) is 5.48. The molecule has 0 saturated heterocycles. The molecule has 20 heavy (non-hydrogen) atoms. The van der Waals surface area contributed by atoms with Crippen molar-refractivity contribution in [2.24, 2.45) is 0 Å². The van der Waals surface area contributed by atoms with Crippen molar-refractivity contribution in [1.82, 2.24) is 0 Å². The molecule has 0 saturated carbocycles. The van der Waals surface area contributed by atoms with Gasteiger partial charge in [0.2, 0.25) is 0 Å². The van der Waals surface area contributed by atoms with E-state index in [9.17, 15) is 0 Å². The molecule has 0 atom stereocenters. The normalized spacial score (nSPS) is 10.3. The maximum Gasteiger partial charge on any atom is 0.0487 e. The van der Waals surface area contributed by atoms with Crippen LogP contribution in [0.25, 0.3) is 0 Å². The van der Waals surface area contributed by atoms with E-state index < -0.39 is 0 Å². The van der Waals surface area contributed by atoms with Crippen molar-refractivity contribution in [3.05, 3.63) is 58.6 Å². The Labute approximate surface area is 129 Å². The van der Waals surface area contributed by atoms with Crippen LogP contribution in [0.15, 0.2) is 53.0 Å². The zero-order valence-corrected chi connectivity index (χ0v) is 13.7. The molecule has 0 radical (unpaired) electrons. The van der Waals surface area contributed by atoms with Gasteiger partial charge in [0.25, 0.3) is 0 Å². The van der Waals surface area contributed by atoms with E-state index in [4.69, 9.17) is 0 Å². The lowest BCUT2D eigenvalue weighted by Crippen LogP contribution is -2.21. The molecule has 0 fully saturated rings. The Morgan fingerprint density at radius 1 is 0.950 bits per heavy atom. The first-order valence-corrected chi connectivity index (χ1v) is 7.86. The number of nitrogens with one attached hydrogen (secondary N) is 1. The molecule has 2 rings (SSSR count). The molecule has 2 nitrogen and oxygen atoms in total. The van der Waals surface area contributed by atoms with Crippen molar-refractivity contribution in [3.63, 3.8) is 0 Å². The third-order valence-corrected chi connectivity index (χ3v) is 4.11. The van der Waals surface area contributed by atoms with Crippen molar-refractivity contribution in [1.29, 1.82) is 0 Å². The van der Waals surface area contributed by atoms with E-state index in [-0.39, 0.29) is 0 Å². The molecule has 0 aromatic heterocycles. The van der Waals surface area contributed by atoms with Crippen LogP contribution in [0.4, 0.5) is 11.4 Å². The molecule has 2 aromatic carbocycles. The van der Waals surface area contributed by atoms with E-state index in [2.05, 4.69) is 70.3 Å². The summed E-state index contributed by atoms with van der Waals surface area (Å²) in [6.07, 6.45) is 0. The summed E-state index contributed by atoms with van der Waals surface area (Å²) in [5, 5.41) is 3.45. The van der Waals surface area contributed by atoms with Crippen molar-refractivity contribution in [2.75, 3.05) is 23.3 Å². The molecule has 0 spiro atoms. The van der Waals surface area contributed by atoms with Crippen LogP contribution < -0.4 is 10.2 Å². The van der Waals surface area contributed by atoms with Gasteiger partial charge in [-0.2, -0.15) is 0 Å². The minimum absolute atomic E-state index is 0.834. The number of hydrogen-bond acceptors (Lipinski definition) is 2. The molecular formula is C17H21BrN2. The third kappa shape index (κ3) is 3.76. The van der Waals surface area contributed by atoms with Gasteiger partial charge in [0.05, 0.1) is 0 Å². The van der Waals surface area contributed by atoms with Gasteiger partial charge in [-0.05, 0) is 59.6 Å². The second-order valence-electron chi connectivity index (χ2n) is 4.67. The Hall–Kier alpha value is -1.48. The van der Waals surface area contributed by atoms with E-state index in [1.807, 2.05) is 18.2 Å². The lowest BCUT2D eigenvalue weighted by Gasteiger charge is -2.21. The largest absolute Gasteiger partial charge is 0.380 e. The van der Waals surface area contributed by atoms with Gasteiger partial charge in [-0.15, -0.1) is 0 Å². The fraction of sp³-hybridized carbons (Fsp3) is 0.294. The topological polar surface area (TPSA) is 15.3 Å². The maximum atomic E-state index is 3.55. The lowest BCUT2D eigenvalue weighted by molar-refractivity contribution is 0.865. The SMILES string of the molecule is CCN(CC)c1ccc(CNc2ccccc2Br)cc1. The van der Waals surface area contributed by atoms with Crippen LogP contribution in [0.5, 0.6) is 0 Å². The number of hydrogen-bond donors (Lipinski definition) is 1. The van der Waals surface area contributed by atoms with Crippen molar-refractivity contribution < 1.29 is 0 Å². The second-order valence-corrected chi connectivity index (χ2v) is 5.53. The maximum absolute atomic E-state index is 3.55. The summed E-state index contributed by atoms with van der Waals surface area (Å²) in [6, 6.07) is 17.0. The monoisotopic (exact) mass is 332 g/mol. The number of rotatable bonds is 6. The fourth-order valence-electron chi connectivity index (χ4n) is 2.22. The van der Waals surface area contributed by atoms with Crippen LogP contribution in [0, 0.1) is 0 Å². The summed E-state index contributed by atoms with van der Waals surface area (Å²) in [5.41, 5.74) is 3.71. The third-order valence-electron chi connectivity index (χ3n) is 3.42. The molecule has 0 amide bonds. The van der Waals surface area contributed by atoms with Crippen LogP contribution in [-0.2, 0) is 6.54 Å². The van der Waals surface area contributed by atoms with Gasteiger partial charge in [0.15, 0.2) is 0 Å². The van der Waals surface area contributed by atoms with Crippen molar-refractivity contribution in [2.45, 2.75) is 20.4 Å². The average molecular weight is 333 g/mol. The average Bonchev–Trinajstić information content (AvgIpc) is 2.49. The first-order chi connectivity index (χ1) is 9.74. The Balaban J connectivity index is 1.99. The smallest absolute Gasteiger partial charge is 0.0487 e. The second kappa shape index (κ2) is 7.34.